The standard InChI is InChI=1S/C7H10N2O2S/c1-5-9-4-6(12-5)7(11)8-2-3-10/h4,10H,2-3H2,1H3,(H,8,11). The van der Waals surface area contributed by atoms with E-state index in [1.54, 1.807) is 0 Å². The number of carbonyl (C=O) groups is 1. The summed E-state index contributed by atoms with van der Waals surface area (Å²) in [7, 11) is 0. The highest BCUT2D eigenvalue weighted by molar-refractivity contribution is 7.13. The number of rotatable bonds is 3. The van der Waals surface area contributed by atoms with Crippen molar-refractivity contribution in [3.05, 3.63) is 16.1 Å². The Bertz CT molecular complexity index is 272. The monoisotopic (exact) mass is 186 g/mol. The van der Waals surface area contributed by atoms with Gasteiger partial charge in [0.1, 0.15) is 4.88 Å². The van der Waals surface area contributed by atoms with E-state index in [-0.39, 0.29) is 19.1 Å². The van der Waals surface area contributed by atoms with Crippen molar-refractivity contribution in [1.82, 2.24) is 10.3 Å². The number of hydrogen-bond donors (Lipinski definition) is 2. The number of nitrogens with one attached hydrogen (secondary N) is 1. The third kappa shape index (κ3) is 2.28. The SMILES string of the molecule is Cc1ncc(C(=O)NCCO)s1. The molecule has 0 aliphatic heterocycles. The van der Waals surface area contributed by atoms with E-state index in [9.17, 15) is 4.79 Å². The van der Waals surface area contributed by atoms with Crippen LogP contribution >= 0.6 is 11.3 Å². The number of aliphatic hydroxyl groups excluding tert-OH is 1. The van der Waals surface area contributed by atoms with Gasteiger partial charge in [0.2, 0.25) is 0 Å². The molecule has 0 saturated carbocycles. The van der Waals surface area contributed by atoms with E-state index >= 15 is 0 Å². The van der Waals surface area contributed by atoms with E-state index in [1.807, 2.05) is 6.92 Å². The highest BCUT2D eigenvalue weighted by Gasteiger charge is 2.06. The fourth-order valence-corrected chi connectivity index (χ4v) is 1.42. The van der Waals surface area contributed by atoms with Crippen molar-refractivity contribution in [2.75, 3.05) is 13.2 Å². The Morgan fingerprint density at radius 3 is 3.08 bits per heavy atom. The number of aromatic nitrogens is 1. The molecule has 1 aromatic rings. The Balaban J connectivity index is 2.53. The number of thiazole rings is 1. The molecule has 0 aromatic carbocycles. The molecule has 1 amide bonds. The maximum Gasteiger partial charge on any atom is 0.263 e. The third-order valence-corrected chi connectivity index (χ3v) is 2.15. The van der Waals surface area contributed by atoms with Crippen molar-refractivity contribution in [3.63, 3.8) is 0 Å². The molecular weight excluding hydrogens is 176 g/mol. The van der Waals surface area contributed by atoms with Gasteiger partial charge in [-0.1, -0.05) is 0 Å². The van der Waals surface area contributed by atoms with Gasteiger partial charge in [0, 0.05) is 6.54 Å². The van der Waals surface area contributed by atoms with Crippen molar-refractivity contribution in [2.24, 2.45) is 0 Å². The first-order valence-corrected chi connectivity index (χ1v) is 4.37. The average Bonchev–Trinajstić information content (AvgIpc) is 2.47. The van der Waals surface area contributed by atoms with Crippen LogP contribution in [0.5, 0.6) is 0 Å². The van der Waals surface area contributed by atoms with Crippen LogP contribution < -0.4 is 5.32 Å². The molecule has 0 saturated heterocycles. The molecule has 0 aliphatic carbocycles. The highest BCUT2D eigenvalue weighted by atomic mass is 32.1. The summed E-state index contributed by atoms with van der Waals surface area (Å²) in [4.78, 5) is 15.7. The van der Waals surface area contributed by atoms with Gasteiger partial charge in [0.15, 0.2) is 0 Å². The first kappa shape index (κ1) is 9.15. The molecule has 0 spiro atoms. The van der Waals surface area contributed by atoms with Crippen LogP contribution in [0.3, 0.4) is 0 Å². The smallest absolute Gasteiger partial charge is 0.263 e. The minimum absolute atomic E-state index is 0.0382. The molecule has 66 valence electrons. The highest BCUT2D eigenvalue weighted by Crippen LogP contribution is 2.10. The zero-order valence-corrected chi connectivity index (χ0v) is 7.52. The Morgan fingerprint density at radius 1 is 1.83 bits per heavy atom. The largest absolute Gasteiger partial charge is 0.395 e. The third-order valence-electron chi connectivity index (χ3n) is 1.24. The van der Waals surface area contributed by atoms with E-state index in [0.29, 0.717) is 4.88 Å². The maximum atomic E-state index is 11.2. The second kappa shape index (κ2) is 4.18. The minimum Gasteiger partial charge on any atom is -0.395 e. The van der Waals surface area contributed by atoms with Crippen LogP contribution in [-0.2, 0) is 0 Å². The molecule has 0 atom stereocenters. The molecule has 0 radical (unpaired) electrons. The van der Waals surface area contributed by atoms with Gasteiger partial charge >= 0.3 is 0 Å². The summed E-state index contributed by atoms with van der Waals surface area (Å²) < 4.78 is 0. The molecule has 0 unspecified atom stereocenters. The van der Waals surface area contributed by atoms with Gasteiger partial charge in [0.25, 0.3) is 5.91 Å². The molecule has 12 heavy (non-hydrogen) atoms. The number of carbonyl (C=O) groups excluding carboxylic acids is 1. The Hall–Kier alpha value is -0.940. The average molecular weight is 186 g/mol. The molecule has 5 heteroatoms. The fraction of sp³-hybridized carbons (Fsp3) is 0.429. The summed E-state index contributed by atoms with van der Waals surface area (Å²) in [6.45, 7) is 2.09. The van der Waals surface area contributed by atoms with E-state index in [1.165, 1.54) is 17.5 Å². The molecule has 0 bridgehead atoms. The van der Waals surface area contributed by atoms with Gasteiger partial charge in [-0.25, -0.2) is 4.98 Å². The Kier molecular flexibility index (Phi) is 3.19. The van der Waals surface area contributed by atoms with Gasteiger partial charge in [-0.15, -0.1) is 11.3 Å². The molecule has 1 aromatic heterocycles. The first-order valence-electron chi connectivity index (χ1n) is 3.55. The zero-order valence-electron chi connectivity index (χ0n) is 6.70. The predicted molar refractivity (Wildman–Crippen MR) is 46.3 cm³/mol. The van der Waals surface area contributed by atoms with Crippen LogP contribution in [0.2, 0.25) is 0 Å². The van der Waals surface area contributed by atoms with Crippen molar-refractivity contribution >= 4 is 17.2 Å². The van der Waals surface area contributed by atoms with Crippen LogP contribution in [-0.4, -0.2) is 29.1 Å². The van der Waals surface area contributed by atoms with Crippen LogP contribution in [0.15, 0.2) is 6.20 Å². The van der Waals surface area contributed by atoms with Crippen molar-refractivity contribution in [3.8, 4) is 0 Å². The second-order valence-corrected chi connectivity index (χ2v) is 3.46. The van der Waals surface area contributed by atoms with Crippen molar-refractivity contribution in [1.29, 1.82) is 0 Å². The van der Waals surface area contributed by atoms with Crippen molar-refractivity contribution < 1.29 is 9.90 Å². The van der Waals surface area contributed by atoms with Crippen molar-refractivity contribution in [2.45, 2.75) is 6.92 Å². The summed E-state index contributed by atoms with van der Waals surface area (Å²) in [5, 5.41) is 11.8. The van der Waals surface area contributed by atoms with E-state index in [4.69, 9.17) is 5.11 Å². The van der Waals surface area contributed by atoms with E-state index in [0.717, 1.165) is 5.01 Å². The summed E-state index contributed by atoms with van der Waals surface area (Å²) in [6, 6.07) is 0. The van der Waals surface area contributed by atoms with Crippen LogP contribution in [0, 0.1) is 6.92 Å². The van der Waals surface area contributed by atoms with Crippen LogP contribution in [0.25, 0.3) is 0 Å². The molecule has 1 heterocycles. The number of aryl methyl sites for hydroxylation is 1. The molecule has 4 nitrogen and oxygen atoms in total. The predicted octanol–water partition coefficient (Wildman–Crippen LogP) is 0.174. The number of aliphatic hydroxyl groups is 1. The summed E-state index contributed by atoms with van der Waals surface area (Å²) in [5.41, 5.74) is 0. The molecule has 1 rings (SSSR count). The Labute approximate surface area is 74.3 Å². The zero-order chi connectivity index (χ0) is 8.97. The lowest BCUT2D eigenvalue weighted by Crippen LogP contribution is -2.25. The van der Waals surface area contributed by atoms with Gasteiger partial charge < -0.3 is 10.4 Å². The maximum absolute atomic E-state index is 11.2. The van der Waals surface area contributed by atoms with Crippen LogP contribution in [0.1, 0.15) is 14.7 Å². The van der Waals surface area contributed by atoms with Gasteiger partial charge in [-0.05, 0) is 6.92 Å². The second-order valence-electron chi connectivity index (χ2n) is 2.22. The van der Waals surface area contributed by atoms with Crippen LogP contribution in [0.4, 0.5) is 0 Å². The Morgan fingerprint density at radius 2 is 2.58 bits per heavy atom. The number of hydrogen-bond acceptors (Lipinski definition) is 4. The minimum atomic E-state index is -0.172. The summed E-state index contributed by atoms with van der Waals surface area (Å²) >= 11 is 1.34. The van der Waals surface area contributed by atoms with Gasteiger partial charge in [0.05, 0.1) is 17.8 Å². The van der Waals surface area contributed by atoms with E-state index < -0.39 is 0 Å². The fourth-order valence-electron chi connectivity index (χ4n) is 0.723. The lowest BCUT2D eigenvalue weighted by molar-refractivity contribution is 0.0948. The quantitative estimate of drug-likeness (QED) is 0.707. The summed E-state index contributed by atoms with van der Waals surface area (Å²) in [5.74, 6) is -0.172. The molecular formula is C7H10N2O2S. The number of nitrogens with zero attached hydrogens (tertiary/aromatic N) is 1. The first-order chi connectivity index (χ1) is 5.74. The topological polar surface area (TPSA) is 62.2 Å². The van der Waals surface area contributed by atoms with Gasteiger partial charge in [-0.3, -0.25) is 4.79 Å². The lowest BCUT2D eigenvalue weighted by Gasteiger charge is -1.97. The van der Waals surface area contributed by atoms with Gasteiger partial charge in [-0.2, -0.15) is 0 Å². The van der Waals surface area contributed by atoms with E-state index in [2.05, 4.69) is 10.3 Å². The lowest BCUT2D eigenvalue weighted by atomic mass is 10.5. The number of amides is 1. The normalized spacial score (nSPS) is 9.83. The molecule has 0 aliphatic rings. The molecule has 2 N–H and O–H groups in total. The summed E-state index contributed by atoms with van der Waals surface area (Å²) in [6.07, 6.45) is 1.53. The molecule has 0 fully saturated rings.